The fourth-order valence-corrected chi connectivity index (χ4v) is 2.03. The molecule has 0 radical (unpaired) electrons. The first-order valence-electron chi connectivity index (χ1n) is 5.97. The second-order valence-electron chi connectivity index (χ2n) is 4.10. The number of nitrogens with two attached hydrogens (primary N) is 1. The maximum absolute atomic E-state index is 5.77. The van der Waals surface area contributed by atoms with Gasteiger partial charge in [-0.25, -0.2) is 0 Å². The standard InChI is InChI=1S/C15H16BrNO2/c1-18-15-8-13(16)6-7-14(15)19-10-12-4-2-11(9-17)3-5-12/h2-8H,9-10,17H2,1H3. The summed E-state index contributed by atoms with van der Waals surface area (Å²) in [6.07, 6.45) is 0. The van der Waals surface area contributed by atoms with Crippen LogP contribution in [-0.4, -0.2) is 7.11 Å². The largest absolute Gasteiger partial charge is 0.493 e. The lowest BCUT2D eigenvalue weighted by atomic mass is 10.1. The summed E-state index contributed by atoms with van der Waals surface area (Å²) in [6, 6.07) is 13.8. The fourth-order valence-electron chi connectivity index (χ4n) is 1.69. The quantitative estimate of drug-likeness (QED) is 0.916. The molecule has 2 aromatic carbocycles. The Morgan fingerprint density at radius 1 is 1.00 bits per heavy atom. The van der Waals surface area contributed by atoms with E-state index in [1.54, 1.807) is 7.11 Å². The predicted octanol–water partition coefficient (Wildman–Crippen LogP) is 3.50. The highest BCUT2D eigenvalue weighted by molar-refractivity contribution is 9.10. The molecule has 0 saturated heterocycles. The number of halogens is 1. The molecule has 0 aliphatic heterocycles. The van der Waals surface area contributed by atoms with E-state index in [2.05, 4.69) is 15.9 Å². The SMILES string of the molecule is COc1cc(Br)ccc1OCc1ccc(CN)cc1. The molecule has 100 valence electrons. The van der Waals surface area contributed by atoms with Gasteiger partial charge in [0.2, 0.25) is 0 Å². The van der Waals surface area contributed by atoms with Crippen molar-refractivity contribution in [3.05, 3.63) is 58.1 Å². The predicted molar refractivity (Wildman–Crippen MR) is 79.4 cm³/mol. The van der Waals surface area contributed by atoms with E-state index in [4.69, 9.17) is 15.2 Å². The minimum Gasteiger partial charge on any atom is -0.493 e. The molecule has 2 aromatic rings. The van der Waals surface area contributed by atoms with Gasteiger partial charge in [0.1, 0.15) is 6.61 Å². The number of ether oxygens (including phenoxy) is 2. The molecule has 0 atom stereocenters. The molecule has 4 heteroatoms. The third-order valence-corrected chi connectivity index (χ3v) is 3.27. The zero-order valence-electron chi connectivity index (χ0n) is 10.7. The van der Waals surface area contributed by atoms with Crippen LogP contribution >= 0.6 is 15.9 Å². The van der Waals surface area contributed by atoms with Crippen molar-refractivity contribution in [2.24, 2.45) is 5.73 Å². The normalized spacial score (nSPS) is 10.3. The van der Waals surface area contributed by atoms with Crippen molar-refractivity contribution in [1.29, 1.82) is 0 Å². The Hall–Kier alpha value is -1.52. The van der Waals surface area contributed by atoms with Crippen LogP contribution in [0.4, 0.5) is 0 Å². The van der Waals surface area contributed by atoms with Crippen molar-refractivity contribution in [2.75, 3.05) is 7.11 Å². The summed E-state index contributed by atoms with van der Waals surface area (Å²) in [5, 5.41) is 0. The monoisotopic (exact) mass is 321 g/mol. The number of methoxy groups -OCH3 is 1. The van der Waals surface area contributed by atoms with Gasteiger partial charge in [-0.1, -0.05) is 40.2 Å². The lowest BCUT2D eigenvalue weighted by Gasteiger charge is -2.11. The Morgan fingerprint density at radius 2 is 1.68 bits per heavy atom. The van der Waals surface area contributed by atoms with Crippen molar-refractivity contribution in [3.8, 4) is 11.5 Å². The Labute approximate surface area is 121 Å². The van der Waals surface area contributed by atoms with E-state index in [0.717, 1.165) is 21.3 Å². The molecular formula is C15H16BrNO2. The molecule has 0 amide bonds. The summed E-state index contributed by atoms with van der Waals surface area (Å²) in [7, 11) is 1.63. The van der Waals surface area contributed by atoms with Crippen LogP contribution in [0.5, 0.6) is 11.5 Å². The zero-order chi connectivity index (χ0) is 13.7. The number of rotatable bonds is 5. The topological polar surface area (TPSA) is 44.5 Å². The van der Waals surface area contributed by atoms with Crippen LogP contribution in [0.25, 0.3) is 0 Å². The first-order valence-corrected chi connectivity index (χ1v) is 6.76. The lowest BCUT2D eigenvalue weighted by molar-refractivity contribution is 0.284. The van der Waals surface area contributed by atoms with E-state index in [1.807, 2.05) is 42.5 Å². The van der Waals surface area contributed by atoms with Gasteiger partial charge in [-0.15, -0.1) is 0 Å². The molecule has 0 bridgehead atoms. The number of benzene rings is 2. The van der Waals surface area contributed by atoms with Crippen molar-refractivity contribution < 1.29 is 9.47 Å². The van der Waals surface area contributed by atoms with Crippen LogP contribution in [-0.2, 0) is 13.2 Å². The van der Waals surface area contributed by atoms with Crippen molar-refractivity contribution >= 4 is 15.9 Å². The molecule has 2 N–H and O–H groups in total. The maximum atomic E-state index is 5.77. The van der Waals surface area contributed by atoms with Crippen LogP contribution in [0.15, 0.2) is 46.9 Å². The highest BCUT2D eigenvalue weighted by Crippen LogP contribution is 2.30. The summed E-state index contributed by atoms with van der Waals surface area (Å²) in [6.45, 7) is 1.06. The molecule has 19 heavy (non-hydrogen) atoms. The van der Waals surface area contributed by atoms with E-state index < -0.39 is 0 Å². The van der Waals surface area contributed by atoms with Crippen molar-refractivity contribution in [1.82, 2.24) is 0 Å². The summed E-state index contributed by atoms with van der Waals surface area (Å²) < 4.78 is 12.0. The van der Waals surface area contributed by atoms with Gasteiger partial charge in [0.15, 0.2) is 11.5 Å². The van der Waals surface area contributed by atoms with Crippen molar-refractivity contribution in [3.63, 3.8) is 0 Å². The Balaban J connectivity index is 2.05. The summed E-state index contributed by atoms with van der Waals surface area (Å²) in [5.74, 6) is 1.45. The Kier molecular flexibility index (Phi) is 4.82. The van der Waals surface area contributed by atoms with E-state index in [-0.39, 0.29) is 0 Å². The van der Waals surface area contributed by atoms with Crippen LogP contribution in [0.1, 0.15) is 11.1 Å². The fraction of sp³-hybridized carbons (Fsp3) is 0.200. The molecule has 0 aromatic heterocycles. The Morgan fingerprint density at radius 3 is 2.32 bits per heavy atom. The average molecular weight is 322 g/mol. The molecule has 0 fully saturated rings. The summed E-state index contributed by atoms with van der Waals surface area (Å²) in [4.78, 5) is 0. The van der Waals surface area contributed by atoms with Gasteiger partial charge in [0.25, 0.3) is 0 Å². The molecule has 0 saturated carbocycles. The zero-order valence-corrected chi connectivity index (χ0v) is 12.3. The second-order valence-corrected chi connectivity index (χ2v) is 5.02. The van der Waals surface area contributed by atoms with Gasteiger partial charge in [0, 0.05) is 11.0 Å². The molecule has 0 aliphatic rings. The minimum absolute atomic E-state index is 0.503. The molecule has 2 rings (SSSR count). The van der Waals surface area contributed by atoms with Gasteiger partial charge in [-0.05, 0) is 29.3 Å². The Bertz CT molecular complexity index is 540. The molecule has 0 heterocycles. The van der Waals surface area contributed by atoms with Crippen LogP contribution in [0, 0.1) is 0 Å². The first-order chi connectivity index (χ1) is 9.22. The summed E-state index contributed by atoms with van der Waals surface area (Å²) in [5.41, 5.74) is 7.78. The third kappa shape index (κ3) is 3.72. The smallest absolute Gasteiger partial charge is 0.161 e. The van der Waals surface area contributed by atoms with E-state index in [9.17, 15) is 0 Å². The number of hydrogen-bond acceptors (Lipinski definition) is 3. The van der Waals surface area contributed by atoms with E-state index in [0.29, 0.717) is 18.9 Å². The lowest BCUT2D eigenvalue weighted by Crippen LogP contribution is -1.99. The molecule has 0 unspecified atom stereocenters. The molecular weight excluding hydrogens is 306 g/mol. The van der Waals surface area contributed by atoms with Gasteiger partial charge >= 0.3 is 0 Å². The maximum Gasteiger partial charge on any atom is 0.161 e. The second kappa shape index (κ2) is 6.59. The van der Waals surface area contributed by atoms with Gasteiger partial charge in [-0.3, -0.25) is 0 Å². The highest BCUT2D eigenvalue weighted by atomic mass is 79.9. The summed E-state index contributed by atoms with van der Waals surface area (Å²) >= 11 is 3.40. The van der Waals surface area contributed by atoms with Gasteiger partial charge in [0.05, 0.1) is 7.11 Å². The van der Waals surface area contributed by atoms with E-state index >= 15 is 0 Å². The van der Waals surface area contributed by atoms with Crippen LogP contribution < -0.4 is 15.2 Å². The van der Waals surface area contributed by atoms with Crippen LogP contribution in [0.2, 0.25) is 0 Å². The number of hydrogen-bond donors (Lipinski definition) is 1. The average Bonchev–Trinajstić information content (AvgIpc) is 2.46. The third-order valence-electron chi connectivity index (χ3n) is 2.78. The highest BCUT2D eigenvalue weighted by Gasteiger charge is 2.05. The van der Waals surface area contributed by atoms with Crippen LogP contribution in [0.3, 0.4) is 0 Å². The minimum atomic E-state index is 0.503. The van der Waals surface area contributed by atoms with Gasteiger partial charge < -0.3 is 15.2 Å². The molecule has 0 spiro atoms. The van der Waals surface area contributed by atoms with Gasteiger partial charge in [-0.2, -0.15) is 0 Å². The van der Waals surface area contributed by atoms with Crippen molar-refractivity contribution in [2.45, 2.75) is 13.2 Å². The molecule has 3 nitrogen and oxygen atoms in total. The van der Waals surface area contributed by atoms with E-state index in [1.165, 1.54) is 0 Å². The molecule has 0 aliphatic carbocycles. The first kappa shape index (κ1) is 13.9.